The van der Waals surface area contributed by atoms with Crippen molar-refractivity contribution in [1.29, 1.82) is 0 Å². The normalized spacial score (nSPS) is 23.3. The van der Waals surface area contributed by atoms with Crippen LogP contribution in [-0.4, -0.2) is 11.9 Å². The quantitative estimate of drug-likeness (QED) is 0.436. The summed E-state index contributed by atoms with van der Waals surface area (Å²) in [6.07, 6.45) is 14.1. The number of hydrogen-bond acceptors (Lipinski definition) is 2. The topological polar surface area (TPSA) is 26.3 Å². The Balaban J connectivity index is 2.39. The van der Waals surface area contributed by atoms with Crippen LogP contribution in [0.1, 0.15) is 78.1 Å². The molecule has 18 heavy (non-hydrogen) atoms. The lowest BCUT2D eigenvalue weighted by molar-refractivity contribution is -0.127. The first-order valence-electron chi connectivity index (χ1n) is 7.58. The van der Waals surface area contributed by atoms with Crippen molar-refractivity contribution in [1.82, 2.24) is 0 Å². The van der Waals surface area contributed by atoms with E-state index < -0.39 is 5.60 Å². The van der Waals surface area contributed by atoms with E-state index in [1.165, 1.54) is 37.7 Å². The van der Waals surface area contributed by atoms with Crippen LogP contribution in [0.25, 0.3) is 0 Å². The molecular formula is C16H28O2. The van der Waals surface area contributed by atoms with Crippen molar-refractivity contribution in [2.75, 3.05) is 0 Å². The molecule has 0 N–H and O–H groups in total. The summed E-state index contributed by atoms with van der Waals surface area (Å²) < 4.78 is 5.77. The van der Waals surface area contributed by atoms with Gasteiger partial charge in [-0.05, 0) is 44.1 Å². The Labute approximate surface area is 112 Å². The maximum absolute atomic E-state index is 11.3. The van der Waals surface area contributed by atoms with E-state index in [0.29, 0.717) is 0 Å². The first kappa shape index (κ1) is 15.3. The summed E-state index contributed by atoms with van der Waals surface area (Å²) >= 11 is 0. The van der Waals surface area contributed by atoms with E-state index in [-0.39, 0.29) is 0 Å². The maximum atomic E-state index is 11.3. The Morgan fingerprint density at radius 2 is 1.94 bits per heavy atom. The van der Waals surface area contributed by atoms with Crippen molar-refractivity contribution in [3.63, 3.8) is 0 Å². The average Bonchev–Trinajstić information content (AvgIpc) is 2.41. The highest BCUT2D eigenvalue weighted by Gasteiger charge is 2.32. The third-order valence-corrected chi connectivity index (χ3v) is 3.85. The number of ether oxygens (including phenoxy) is 1. The smallest absolute Gasteiger partial charge is 0.163 e. The first-order chi connectivity index (χ1) is 8.76. The molecule has 0 spiro atoms. The van der Waals surface area contributed by atoms with Crippen molar-refractivity contribution in [3.8, 4) is 0 Å². The van der Waals surface area contributed by atoms with Crippen LogP contribution in [0, 0.1) is 0 Å². The first-order valence-corrected chi connectivity index (χ1v) is 7.58. The number of hydrogen-bond donors (Lipinski definition) is 0. The van der Waals surface area contributed by atoms with Gasteiger partial charge in [0, 0.05) is 0 Å². The molecule has 1 unspecified atom stereocenters. The van der Waals surface area contributed by atoms with Gasteiger partial charge in [0.15, 0.2) is 11.9 Å². The molecule has 0 bridgehead atoms. The Hall–Kier alpha value is -0.790. The Morgan fingerprint density at radius 3 is 2.50 bits per heavy atom. The highest BCUT2D eigenvalue weighted by Crippen LogP contribution is 2.32. The van der Waals surface area contributed by atoms with Gasteiger partial charge in [-0.15, -0.1) is 0 Å². The number of carbonyl (C=O) groups excluding carboxylic acids is 1. The average molecular weight is 252 g/mol. The van der Waals surface area contributed by atoms with Gasteiger partial charge in [-0.2, -0.15) is 0 Å². The van der Waals surface area contributed by atoms with E-state index in [9.17, 15) is 4.79 Å². The number of aldehydes is 1. The third kappa shape index (κ3) is 4.83. The van der Waals surface area contributed by atoms with Crippen molar-refractivity contribution in [2.24, 2.45) is 0 Å². The van der Waals surface area contributed by atoms with Crippen LogP contribution in [0.5, 0.6) is 0 Å². The van der Waals surface area contributed by atoms with Crippen LogP contribution in [0.15, 0.2) is 11.8 Å². The number of rotatable bonds is 9. The van der Waals surface area contributed by atoms with E-state index in [1.807, 2.05) is 6.26 Å². The Kier molecular flexibility index (Phi) is 7.07. The standard InChI is InChI=1S/C16H28O2/c1-3-5-7-9-15-10-12-16(14-17,18-13-15)11-8-6-4-2/h13-14H,3-12H2,1-2H3. The summed E-state index contributed by atoms with van der Waals surface area (Å²) in [4.78, 5) is 11.3. The molecule has 0 aromatic heterocycles. The number of carbonyl (C=O) groups is 1. The highest BCUT2D eigenvalue weighted by molar-refractivity contribution is 5.63. The summed E-state index contributed by atoms with van der Waals surface area (Å²) in [5.74, 6) is 0. The number of unbranched alkanes of at least 4 members (excludes halogenated alkanes) is 4. The Morgan fingerprint density at radius 1 is 1.22 bits per heavy atom. The molecule has 0 saturated carbocycles. The van der Waals surface area contributed by atoms with Crippen molar-refractivity contribution < 1.29 is 9.53 Å². The van der Waals surface area contributed by atoms with Crippen LogP contribution in [-0.2, 0) is 9.53 Å². The maximum Gasteiger partial charge on any atom is 0.163 e. The van der Waals surface area contributed by atoms with Crippen molar-refractivity contribution >= 4 is 6.29 Å². The van der Waals surface area contributed by atoms with Gasteiger partial charge < -0.3 is 4.74 Å². The monoisotopic (exact) mass is 252 g/mol. The van der Waals surface area contributed by atoms with Gasteiger partial charge in [0.05, 0.1) is 6.26 Å². The molecular weight excluding hydrogens is 224 g/mol. The van der Waals surface area contributed by atoms with Crippen molar-refractivity contribution in [3.05, 3.63) is 11.8 Å². The molecule has 1 atom stereocenters. The van der Waals surface area contributed by atoms with Gasteiger partial charge in [0.2, 0.25) is 0 Å². The fourth-order valence-electron chi connectivity index (χ4n) is 2.48. The molecule has 0 amide bonds. The predicted octanol–water partition coefficient (Wildman–Crippen LogP) is 4.78. The van der Waals surface area contributed by atoms with E-state index in [1.54, 1.807) is 0 Å². The van der Waals surface area contributed by atoms with Crippen LogP contribution < -0.4 is 0 Å². The molecule has 0 saturated heterocycles. The largest absolute Gasteiger partial charge is 0.487 e. The molecule has 2 heteroatoms. The highest BCUT2D eigenvalue weighted by atomic mass is 16.5. The third-order valence-electron chi connectivity index (χ3n) is 3.85. The molecule has 0 fully saturated rings. The van der Waals surface area contributed by atoms with Crippen LogP contribution in [0.3, 0.4) is 0 Å². The lowest BCUT2D eigenvalue weighted by Gasteiger charge is -2.32. The summed E-state index contributed by atoms with van der Waals surface area (Å²) in [6, 6.07) is 0. The SMILES string of the molecule is CCCCCC1=COC(C=O)(CCCCC)CC1. The second-order valence-electron chi connectivity index (χ2n) is 5.49. The molecule has 0 aromatic rings. The molecule has 104 valence electrons. The lowest BCUT2D eigenvalue weighted by atomic mass is 9.88. The summed E-state index contributed by atoms with van der Waals surface area (Å²) in [7, 11) is 0. The summed E-state index contributed by atoms with van der Waals surface area (Å²) in [6.45, 7) is 4.40. The minimum absolute atomic E-state index is 0.510. The van der Waals surface area contributed by atoms with Crippen LogP contribution in [0.2, 0.25) is 0 Å². The molecule has 0 aliphatic carbocycles. The molecule has 0 aromatic carbocycles. The molecule has 2 nitrogen and oxygen atoms in total. The van der Waals surface area contributed by atoms with Crippen LogP contribution in [0.4, 0.5) is 0 Å². The zero-order chi connectivity index (χ0) is 13.3. The van der Waals surface area contributed by atoms with Gasteiger partial charge in [-0.1, -0.05) is 39.5 Å². The molecule has 1 rings (SSSR count). The van der Waals surface area contributed by atoms with Gasteiger partial charge in [-0.3, -0.25) is 4.79 Å². The van der Waals surface area contributed by atoms with Gasteiger partial charge in [-0.25, -0.2) is 0 Å². The number of allylic oxidation sites excluding steroid dienone is 1. The van der Waals surface area contributed by atoms with E-state index >= 15 is 0 Å². The zero-order valence-electron chi connectivity index (χ0n) is 12.0. The fraction of sp³-hybridized carbons (Fsp3) is 0.812. The Bertz CT molecular complexity index is 270. The summed E-state index contributed by atoms with van der Waals surface area (Å²) in [5.41, 5.74) is 0.875. The van der Waals surface area contributed by atoms with E-state index in [2.05, 4.69) is 13.8 Å². The lowest BCUT2D eigenvalue weighted by Crippen LogP contribution is -2.35. The van der Waals surface area contributed by atoms with Gasteiger partial charge >= 0.3 is 0 Å². The van der Waals surface area contributed by atoms with Gasteiger partial charge in [0.25, 0.3) is 0 Å². The van der Waals surface area contributed by atoms with E-state index in [4.69, 9.17) is 4.74 Å². The molecule has 1 aliphatic rings. The fourth-order valence-corrected chi connectivity index (χ4v) is 2.48. The predicted molar refractivity (Wildman–Crippen MR) is 75.5 cm³/mol. The van der Waals surface area contributed by atoms with Crippen molar-refractivity contribution in [2.45, 2.75) is 83.7 Å². The molecule has 1 aliphatic heterocycles. The molecule has 1 heterocycles. The minimum atomic E-state index is -0.510. The second-order valence-corrected chi connectivity index (χ2v) is 5.49. The summed E-state index contributed by atoms with van der Waals surface area (Å²) in [5, 5.41) is 0. The zero-order valence-corrected chi connectivity index (χ0v) is 12.0. The second kappa shape index (κ2) is 8.34. The minimum Gasteiger partial charge on any atom is -0.487 e. The molecule has 0 radical (unpaired) electrons. The van der Waals surface area contributed by atoms with Gasteiger partial charge in [0.1, 0.15) is 0 Å². The van der Waals surface area contributed by atoms with Crippen LogP contribution >= 0.6 is 0 Å². The van der Waals surface area contributed by atoms with E-state index in [0.717, 1.165) is 38.4 Å².